The summed E-state index contributed by atoms with van der Waals surface area (Å²) in [4.78, 5) is 27.7. The topological polar surface area (TPSA) is 190 Å². The van der Waals surface area contributed by atoms with E-state index in [1.807, 2.05) is 0 Å². The number of rotatable bonds is 10. The first-order chi connectivity index (χ1) is 14.7. The molecule has 0 atom stereocenters. The van der Waals surface area contributed by atoms with Crippen LogP contribution in [0.5, 0.6) is 0 Å². The molecule has 0 amide bonds. The second-order valence-electron chi connectivity index (χ2n) is 6.62. The fraction of sp³-hybridized carbons (Fsp3) is 0.625. The normalized spacial score (nSPS) is 11.6. The molecule has 0 aliphatic rings. The Morgan fingerprint density at radius 1 is 0.781 bits per heavy atom. The third-order valence-electron chi connectivity index (χ3n) is 4.57. The van der Waals surface area contributed by atoms with Gasteiger partial charge in [-0.1, -0.05) is 13.8 Å². The van der Waals surface area contributed by atoms with Crippen LogP contribution < -0.4 is 0 Å². The lowest BCUT2D eigenvalue weighted by atomic mass is 10.6. The van der Waals surface area contributed by atoms with E-state index >= 15 is 0 Å². The zero-order chi connectivity index (χ0) is 24.7. The maximum atomic E-state index is 11.3. The van der Waals surface area contributed by atoms with Crippen LogP contribution in [0, 0.1) is 34.1 Å². The first-order valence-electron chi connectivity index (χ1n) is 9.48. The summed E-state index contributed by atoms with van der Waals surface area (Å²) >= 11 is 0. The number of hydrogen-bond donors (Lipinski definition) is 0. The first-order valence-corrected chi connectivity index (χ1v) is 13.1. The Hall–Kier alpha value is -2.88. The van der Waals surface area contributed by atoms with Crippen LogP contribution in [0.15, 0.2) is 12.4 Å². The minimum Gasteiger partial charge on any atom is -0.358 e. The molecule has 0 aliphatic heterocycles. The minimum absolute atomic E-state index is 0.0363. The SMILES string of the molecule is CCS(=O)(=O)CCn1c([N+](=O)[O-])cnc1C.CCS(=O)(=O)CCn1c([N+](=O)[O-])cnc1C. The van der Waals surface area contributed by atoms with Crippen LogP contribution in [-0.2, 0) is 32.8 Å². The highest BCUT2D eigenvalue weighted by atomic mass is 32.2. The highest BCUT2D eigenvalue weighted by Gasteiger charge is 2.20. The first kappa shape index (κ1) is 27.2. The maximum absolute atomic E-state index is 11.3. The van der Waals surface area contributed by atoms with Crippen LogP contribution in [0.1, 0.15) is 25.5 Å². The van der Waals surface area contributed by atoms with Gasteiger partial charge in [-0.3, -0.25) is 0 Å². The van der Waals surface area contributed by atoms with Crippen molar-refractivity contribution in [3.63, 3.8) is 0 Å². The van der Waals surface area contributed by atoms with Gasteiger partial charge in [-0.25, -0.2) is 35.9 Å². The summed E-state index contributed by atoms with van der Waals surface area (Å²) in [6.45, 7) is 6.43. The van der Waals surface area contributed by atoms with E-state index in [0.717, 1.165) is 12.4 Å². The summed E-state index contributed by atoms with van der Waals surface area (Å²) in [7, 11) is -6.25. The molecule has 0 aromatic carbocycles. The lowest BCUT2D eigenvalue weighted by Gasteiger charge is -2.02. The summed E-state index contributed by atoms with van der Waals surface area (Å²) in [6, 6.07) is 0. The molecular weight excluding hydrogens is 468 g/mol. The number of sulfone groups is 2. The molecule has 0 saturated carbocycles. The van der Waals surface area contributed by atoms with E-state index in [-0.39, 0.29) is 47.7 Å². The molecule has 0 unspecified atom stereocenters. The number of nitro groups is 2. The van der Waals surface area contributed by atoms with E-state index in [4.69, 9.17) is 0 Å². The zero-order valence-corrected chi connectivity index (χ0v) is 19.8. The molecule has 14 nitrogen and oxygen atoms in total. The van der Waals surface area contributed by atoms with Gasteiger partial charge >= 0.3 is 11.6 Å². The van der Waals surface area contributed by atoms with Crippen LogP contribution >= 0.6 is 0 Å². The summed E-state index contributed by atoms with van der Waals surface area (Å²) in [5.41, 5.74) is 0. The lowest BCUT2D eigenvalue weighted by molar-refractivity contribution is -0.392. The maximum Gasteiger partial charge on any atom is 0.342 e. The van der Waals surface area contributed by atoms with Gasteiger partial charge in [0.25, 0.3) is 0 Å². The third-order valence-corrected chi connectivity index (χ3v) is 7.94. The van der Waals surface area contributed by atoms with E-state index < -0.39 is 29.5 Å². The van der Waals surface area contributed by atoms with Crippen molar-refractivity contribution in [1.29, 1.82) is 0 Å². The van der Waals surface area contributed by atoms with Crippen LogP contribution in [0.4, 0.5) is 11.6 Å². The van der Waals surface area contributed by atoms with E-state index in [1.54, 1.807) is 27.7 Å². The largest absolute Gasteiger partial charge is 0.358 e. The van der Waals surface area contributed by atoms with Gasteiger partial charge in [-0.15, -0.1) is 0 Å². The Bertz CT molecular complexity index is 1080. The van der Waals surface area contributed by atoms with Crippen LogP contribution in [0.2, 0.25) is 0 Å². The fourth-order valence-corrected chi connectivity index (χ4v) is 4.00. The van der Waals surface area contributed by atoms with Crippen molar-refractivity contribution >= 4 is 31.3 Å². The molecule has 0 bridgehead atoms. The van der Waals surface area contributed by atoms with Gasteiger partial charge in [-0.05, 0) is 9.85 Å². The van der Waals surface area contributed by atoms with E-state index in [1.165, 1.54) is 9.13 Å². The van der Waals surface area contributed by atoms with Gasteiger partial charge in [0.05, 0.1) is 11.5 Å². The highest BCUT2D eigenvalue weighted by Crippen LogP contribution is 2.14. The number of imidazole rings is 2. The summed E-state index contributed by atoms with van der Waals surface area (Å²) in [5, 5.41) is 21.2. The molecule has 2 heterocycles. The van der Waals surface area contributed by atoms with Crippen molar-refractivity contribution in [3.8, 4) is 0 Å². The average Bonchev–Trinajstić information content (AvgIpc) is 3.28. The minimum atomic E-state index is -3.13. The van der Waals surface area contributed by atoms with Crippen LogP contribution in [-0.4, -0.2) is 68.8 Å². The van der Waals surface area contributed by atoms with Gasteiger partial charge in [-0.2, -0.15) is 0 Å². The molecule has 16 heteroatoms. The van der Waals surface area contributed by atoms with Gasteiger partial charge in [0, 0.05) is 25.4 Å². The Balaban J connectivity index is 0.000000320. The molecule has 2 rings (SSSR count). The second-order valence-corrected chi connectivity index (χ2v) is 11.6. The molecule has 180 valence electrons. The number of hydrogen-bond acceptors (Lipinski definition) is 10. The average molecular weight is 495 g/mol. The van der Waals surface area contributed by atoms with Gasteiger partial charge in [0.15, 0.2) is 31.3 Å². The molecule has 2 aromatic rings. The standard InChI is InChI=1S/2C8H13N3O4S/c2*1-3-16(14,15)5-4-10-7(2)9-6-8(10)11(12)13/h2*6H,3-5H2,1-2H3. The molecule has 0 spiro atoms. The van der Waals surface area contributed by atoms with Crippen molar-refractivity contribution in [2.24, 2.45) is 0 Å². The number of aryl methyl sites for hydroxylation is 2. The van der Waals surface area contributed by atoms with Gasteiger partial charge < -0.3 is 20.2 Å². The molecule has 0 N–H and O–H groups in total. The lowest BCUT2D eigenvalue weighted by Crippen LogP contribution is -2.16. The summed E-state index contributed by atoms with van der Waals surface area (Å²) in [6.07, 6.45) is 2.27. The molecule has 0 saturated heterocycles. The Labute approximate surface area is 185 Å². The summed E-state index contributed by atoms with van der Waals surface area (Å²) < 4.78 is 47.7. The molecule has 0 radical (unpaired) electrons. The van der Waals surface area contributed by atoms with Crippen molar-refractivity contribution in [3.05, 3.63) is 44.3 Å². The van der Waals surface area contributed by atoms with E-state index in [9.17, 15) is 37.1 Å². The van der Waals surface area contributed by atoms with Gasteiger partial charge in [0.1, 0.15) is 25.5 Å². The Morgan fingerprint density at radius 2 is 1.09 bits per heavy atom. The van der Waals surface area contributed by atoms with Crippen LogP contribution in [0.3, 0.4) is 0 Å². The van der Waals surface area contributed by atoms with Crippen molar-refractivity contribution in [2.75, 3.05) is 23.0 Å². The Morgan fingerprint density at radius 3 is 1.34 bits per heavy atom. The van der Waals surface area contributed by atoms with Crippen molar-refractivity contribution in [2.45, 2.75) is 40.8 Å². The van der Waals surface area contributed by atoms with Crippen molar-refractivity contribution in [1.82, 2.24) is 19.1 Å². The monoisotopic (exact) mass is 494 g/mol. The number of aromatic nitrogens is 4. The predicted molar refractivity (Wildman–Crippen MR) is 116 cm³/mol. The second kappa shape index (κ2) is 11.1. The van der Waals surface area contributed by atoms with Crippen LogP contribution in [0.25, 0.3) is 0 Å². The quantitative estimate of drug-likeness (QED) is 0.341. The Kier molecular flexibility index (Phi) is 9.44. The smallest absolute Gasteiger partial charge is 0.342 e. The molecule has 0 aliphatic carbocycles. The fourth-order valence-electron chi connectivity index (χ4n) is 2.51. The van der Waals surface area contributed by atoms with Gasteiger partial charge in [0.2, 0.25) is 0 Å². The van der Waals surface area contributed by atoms with E-state index in [2.05, 4.69) is 9.97 Å². The summed E-state index contributed by atoms with van der Waals surface area (Å²) in [5.74, 6) is 0.384. The molecule has 0 fully saturated rings. The zero-order valence-electron chi connectivity index (χ0n) is 18.2. The third kappa shape index (κ3) is 7.67. The molecule has 32 heavy (non-hydrogen) atoms. The van der Waals surface area contributed by atoms with E-state index in [0.29, 0.717) is 11.6 Å². The van der Waals surface area contributed by atoms with Crippen molar-refractivity contribution < 1.29 is 26.7 Å². The molecular formula is C16H26N6O8S2. The molecule has 2 aromatic heterocycles. The number of nitrogens with zero attached hydrogens (tertiary/aromatic N) is 6. The highest BCUT2D eigenvalue weighted by molar-refractivity contribution is 7.91. The predicted octanol–water partition coefficient (Wildman–Crippen LogP) is 1.07.